The van der Waals surface area contributed by atoms with Crippen LogP contribution in [0.15, 0.2) is 79.0 Å². The zero-order valence-electron chi connectivity index (χ0n) is 17.7. The molecule has 0 unspecified atom stereocenters. The van der Waals surface area contributed by atoms with Gasteiger partial charge in [-0.3, -0.25) is 0 Å². The summed E-state index contributed by atoms with van der Waals surface area (Å²) in [4.78, 5) is 9.67. The maximum absolute atomic E-state index is 5.36. The largest absolute Gasteiger partial charge is 0.497 e. The van der Waals surface area contributed by atoms with Crippen molar-refractivity contribution in [2.75, 3.05) is 7.11 Å². The van der Waals surface area contributed by atoms with E-state index in [4.69, 9.17) is 19.8 Å². The highest BCUT2D eigenvalue weighted by molar-refractivity contribution is 5.79. The third-order valence-electron chi connectivity index (χ3n) is 5.33. The normalized spacial score (nSPS) is 11.1. The number of rotatable bonds is 4. The molecule has 31 heavy (non-hydrogen) atoms. The Balaban J connectivity index is 1.71. The van der Waals surface area contributed by atoms with Gasteiger partial charge < -0.3 is 4.74 Å². The summed E-state index contributed by atoms with van der Waals surface area (Å²) >= 11 is 0. The SMILES string of the molecule is COc1cccc(-c2cn3nc(-c4ccc(C)cc4)c(-c4ccc(C)cc4)nc3n2)c1. The van der Waals surface area contributed by atoms with E-state index < -0.39 is 0 Å². The fourth-order valence-corrected chi connectivity index (χ4v) is 3.56. The average molecular weight is 406 g/mol. The Kier molecular flexibility index (Phi) is 4.71. The van der Waals surface area contributed by atoms with Gasteiger partial charge in [0.1, 0.15) is 17.1 Å². The molecule has 2 aromatic heterocycles. The predicted octanol–water partition coefficient (Wildman–Crippen LogP) is 5.75. The van der Waals surface area contributed by atoms with Crippen molar-refractivity contribution in [3.05, 3.63) is 90.1 Å². The third-order valence-corrected chi connectivity index (χ3v) is 5.33. The van der Waals surface area contributed by atoms with Crippen LogP contribution >= 0.6 is 0 Å². The minimum absolute atomic E-state index is 0.559. The molecule has 0 radical (unpaired) electrons. The molecule has 0 aliphatic heterocycles. The fourth-order valence-electron chi connectivity index (χ4n) is 3.56. The number of nitrogens with zero attached hydrogens (tertiary/aromatic N) is 4. The first kappa shape index (κ1) is 19.0. The zero-order chi connectivity index (χ0) is 21.4. The van der Waals surface area contributed by atoms with Gasteiger partial charge in [0.2, 0.25) is 0 Å². The molecule has 5 heteroatoms. The molecular weight excluding hydrogens is 384 g/mol. The van der Waals surface area contributed by atoms with Crippen LogP contribution in [0.25, 0.3) is 39.5 Å². The second-order valence-electron chi connectivity index (χ2n) is 7.64. The quantitative estimate of drug-likeness (QED) is 0.381. The Morgan fingerprint density at radius 3 is 2.00 bits per heavy atom. The van der Waals surface area contributed by atoms with Crippen LogP contribution < -0.4 is 4.74 Å². The number of aryl methyl sites for hydroxylation is 2. The minimum Gasteiger partial charge on any atom is -0.497 e. The maximum Gasteiger partial charge on any atom is 0.251 e. The number of ether oxygens (including phenoxy) is 1. The van der Waals surface area contributed by atoms with Crippen molar-refractivity contribution in [3.8, 4) is 39.5 Å². The fraction of sp³-hybridized carbons (Fsp3) is 0.115. The summed E-state index contributed by atoms with van der Waals surface area (Å²) < 4.78 is 7.11. The second kappa shape index (κ2) is 7.69. The molecule has 0 saturated carbocycles. The summed E-state index contributed by atoms with van der Waals surface area (Å²) in [5, 5.41) is 4.92. The number of benzene rings is 3. The monoisotopic (exact) mass is 406 g/mol. The molecule has 5 nitrogen and oxygen atoms in total. The van der Waals surface area contributed by atoms with Gasteiger partial charge in [0.05, 0.1) is 19.0 Å². The molecule has 0 aliphatic carbocycles. The van der Waals surface area contributed by atoms with Crippen molar-refractivity contribution in [2.45, 2.75) is 13.8 Å². The van der Waals surface area contributed by atoms with Gasteiger partial charge >= 0.3 is 0 Å². The van der Waals surface area contributed by atoms with Crippen molar-refractivity contribution in [2.24, 2.45) is 0 Å². The molecule has 5 rings (SSSR count). The molecule has 0 fully saturated rings. The van der Waals surface area contributed by atoms with Crippen LogP contribution in [0.1, 0.15) is 11.1 Å². The van der Waals surface area contributed by atoms with Crippen LogP contribution in [0.5, 0.6) is 5.75 Å². The molecule has 5 aromatic rings. The van der Waals surface area contributed by atoms with Crippen LogP contribution in [0.4, 0.5) is 0 Å². The van der Waals surface area contributed by atoms with Crippen LogP contribution in [-0.2, 0) is 0 Å². The first-order valence-electron chi connectivity index (χ1n) is 10.2. The number of methoxy groups -OCH3 is 1. The van der Waals surface area contributed by atoms with E-state index >= 15 is 0 Å². The molecule has 0 atom stereocenters. The van der Waals surface area contributed by atoms with E-state index in [1.54, 1.807) is 11.6 Å². The van der Waals surface area contributed by atoms with E-state index in [2.05, 4.69) is 62.4 Å². The van der Waals surface area contributed by atoms with Gasteiger partial charge in [-0.1, -0.05) is 71.8 Å². The summed E-state index contributed by atoms with van der Waals surface area (Å²) in [5.74, 6) is 1.35. The topological polar surface area (TPSA) is 52.3 Å². The van der Waals surface area contributed by atoms with E-state index in [0.717, 1.165) is 39.5 Å². The van der Waals surface area contributed by atoms with Crippen LogP contribution in [-0.4, -0.2) is 26.7 Å². The zero-order valence-corrected chi connectivity index (χ0v) is 17.7. The van der Waals surface area contributed by atoms with E-state index in [-0.39, 0.29) is 0 Å². The van der Waals surface area contributed by atoms with E-state index in [9.17, 15) is 0 Å². The van der Waals surface area contributed by atoms with Crippen molar-refractivity contribution < 1.29 is 4.74 Å². The van der Waals surface area contributed by atoms with E-state index in [0.29, 0.717) is 5.78 Å². The molecule has 0 spiro atoms. The lowest BCUT2D eigenvalue weighted by atomic mass is 10.0. The molecule has 0 bridgehead atoms. The summed E-state index contributed by atoms with van der Waals surface area (Å²) in [6, 6.07) is 24.5. The highest BCUT2D eigenvalue weighted by atomic mass is 16.5. The summed E-state index contributed by atoms with van der Waals surface area (Å²) in [6.45, 7) is 4.16. The Hall–Kier alpha value is -3.99. The van der Waals surface area contributed by atoms with Gasteiger partial charge in [-0.05, 0) is 26.0 Å². The lowest BCUT2D eigenvalue weighted by Gasteiger charge is -2.09. The lowest BCUT2D eigenvalue weighted by Crippen LogP contribution is -2.01. The van der Waals surface area contributed by atoms with Gasteiger partial charge in [0.25, 0.3) is 5.78 Å². The molecule has 3 aromatic carbocycles. The summed E-state index contributed by atoms with van der Waals surface area (Å²) in [6.07, 6.45) is 1.91. The molecular formula is C26H22N4O. The van der Waals surface area contributed by atoms with Crippen molar-refractivity contribution in [1.82, 2.24) is 19.6 Å². The number of hydrogen-bond acceptors (Lipinski definition) is 4. The van der Waals surface area contributed by atoms with Gasteiger partial charge in [-0.2, -0.15) is 5.10 Å². The van der Waals surface area contributed by atoms with E-state index in [1.807, 2.05) is 30.5 Å². The van der Waals surface area contributed by atoms with Gasteiger partial charge in [-0.25, -0.2) is 14.5 Å². The highest BCUT2D eigenvalue weighted by Gasteiger charge is 2.16. The van der Waals surface area contributed by atoms with Crippen molar-refractivity contribution in [3.63, 3.8) is 0 Å². The number of aromatic nitrogens is 4. The van der Waals surface area contributed by atoms with Crippen LogP contribution in [0.3, 0.4) is 0 Å². The van der Waals surface area contributed by atoms with Gasteiger partial charge in [0, 0.05) is 16.7 Å². The minimum atomic E-state index is 0.559. The molecule has 2 heterocycles. The van der Waals surface area contributed by atoms with Crippen molar-refractivity contribution >= 4 is 5.78 Å². The average Bonchev–Trinajstić information content (AvgIpc) is 3.23. The molecule has 0 N–H and O–H groups in total. The molecule has 152 valence electrons. The lowest BCUT2D eigenvalue weighted by molar-refractivity contribution is 0.415. The number of hydrogen-bond donors (Lipinski definition) is 0. The maximum atomic E-state index is 5.36. The highest BCUT2D eigenvalue weighted by Crippen LogP contribution is 2.30. The molecule has 0 amide bonds. The smallest absolute Gasteiger partial charge is 0.251 e. The summed E-state index contributed by atoms with van der Waals surface area (Å²) in [5.41, 5.74) is 7.85. The van der Waals surface area contributed by atoms with Crippen LogP contribution in [0, 0.1) is 13.8 Å². The van der Waals surface area contributed by atoms with Gasteiger partial charge in [0.15, 0.2) is 0 Å². The number of fused-ring (bicyclic) bond motifs is 1. The Morgan fingerprint density at radius 1 is 0.710 bits per heavy atom. The number of imidazole rings is 1. The molecule has 0 saturated heterocycles. The van der Waals surface area contributed by atoms with Crippen molar-refractivity contribution in [1.29, 1.82) is 0 Å². The van der Waals surface area contributed by atoms with Gasteiger partial charge in [-0.15, -0.1) is 0 Å². The standard InChI is InChI=1S/C26H22N4O/c1-17-7-11-19(12-8-17)24-25(20-13-9-18(2)10-14-20)29-30-16-23(27-26(30)28-24)21-5-4-6-22(15-21)31-3/h4-16H,1-3H3. The summed E-state index contributed by atoms with van der Waals surface area (Å²) in [7, 11) is 1.66. The molecule has 0 aliphatic rings. The Labute approximate surface area is 181 Å². The van der Waals surface area contributed by atoms with Crippen LogP contribution in [0.2, 0.25) is 0 Å². The first-order valence-corrected chi connectivity index (χ1v) is 10.2. The van der Waals surface area contributed by atoms with E-state index in [1.165, 1.54) is 11.1 Å². The predicted molar refractivity (Wildman–Crippen MR) is 123 cm³/mol. The second-order valence-corrected chi connectivity index (χ2v) is 7.64. The Bertz CT molecular complexity index is 1290. The third kappa shape index (κ3) is 3.66. The Morgan fingerprint density at radius 2 is 1.35 bits per heavy atom. The first-order chi connectivity index (χ1) is 15.1.